The Hall–Kier alpha value is -2.84. The lowest BCUT2D eigenvalue weighted by atomic mass is 10.2. The molecule has 1 amide bonds. The molecular weight excluding hydrogens is 456 g/mol. The molecule has 0 unspecified atom stereocenters. The van der Waals surface area contributed by atoms with Crippen molar-refractivity contribution in [2.75, 3.05) is 23.8 Å². The summed E-state index contributed by atoms with van der Waals surface area (Å²) in [5.41, 5.74) is 1.36. The molecule has 0 aliphatic carbocycles. The fourth-order valence-electron chi connectivity index (χ4n) is 2.70. The molecule has 0 aromatic heterocycles. The van der Waals surface area contributed by atoms with E-state index >= 15 is 0 Å². The van der Waals surface area contributed by atoms with Crippen LogP contribution < -0.4 is 14.4 Å². The average molecular weight is 475 g/mol. The molecule has 0 bridgehead atoms. The smallest absolute Gasteiger partial charge is 0.261 e. The van der Waals surface area contributed by atoms with Gasteiger partial charge in [0.25, 0.3) is 15.9 Å². The third-order valence-corrected chi connectivity index (χ3v) is 6.24. The minimum Gasteiger partial charge on any atom is -0.496 e. The van der Waals surface area contributed by atoms with Gasteiger partial charge in [0.1, 0.15) is 5.75 Å². The molecule has 8 heteroatoms. The number of benzene rings is 3. The number of nitrogens with zero attached hydrogens (tertiary/aromatic N) is 1. The Morgan fingerprint density at radius 3 is 2.38 bits per heavy atom. The lowest BCUT2D eigenvalue weighted by Crippen LogP contribution is -2.26. The van der Waals surface area contributed by atoms with Crippen LogP contribution in [0.15, 0.2) is 82.2 Å². The van der Waals surface area contributed by atoms with Crippen LogP contribution in [0.1, 0.15) is 10.4 Å². The molecule has 0 fully saturated rings. The Labute approximate surface area is 178 Å². The van der Waals surface area contributed by atoms with Crippen LogP contribution in [-0.4, -0.2) is 28.5 Å². The van der Waals surface area contributed by atoms with Crippen molar-refractivity contribution in [2.24, 2.45) is 0 Å². The SMILES string of the molecule is COc1ccc(NS(=O)(=O)c2cccc(C(=O)N(C)c3ccccc3)c2)cc1Br. The first-order valence-electron chi connectivity index (χ1n) is 8.61. The summed E-state index contributed by atoms with van der Waals surface area (Å²) < 4.78 is 33.9. The molecule has 0 aliphatic rings. The predicted octanol–water partition coefficient (Wildman–Crippen LogP) is 4.54. The number of carbonyl (C=O) groups excluding carboxylic acids is 1. The first-order chi connectivity index (χ1) is 13.8. The maximum atomic E-state index is 12.8. The Balaban J connectivity index is 1.86. The van der Waals surface area contributed by atoms with E-state index in [-0.39, 0.29) is 16.4 Å². The zero-order valence-corrected chi connectivity index (χ0v) is 18.2. The number of carbonyl (C=O) groups is 1. The molecule has 0 saturated heterocycles. The highest BCUT2D eigenvalue weighted by atomic mass is 79.9. The molecule has 150 valence electrons. The van der Waals surface area contributed by atoms with Crippen molar-refractivity contribution in [1.29, 1.82) is 0 Å². The highest BCUT2D eigenvalue weighted by Gasteiger charge is 2.19. The Bertz CT molecular complexity index is 1130. The first-order valence-corrected chi connectivity index (χ1v) is 10.9. The summed E-state index contributed by atoms with van der Waals surface area (Å²) in [7, 11) is -0.707. The lowest BCUT2D eigenvalue weighted by molar-refractivity contribution is 0.0993. The van der Waals surface area contributed by atoms with Crippen LogP contribution in [0.2, 0.25) is 0 Å². The van der Waals surface area contributed by atoms with Crippen LogP contribution in [0, 0.1) is 0 Å². The summed E-state index contributed by atoms with van der Waals surface area (Å²) >= 11 is 3.33. The van der Waals surface area contributed by atoms with Crippen molar-refractivity contribution >= 4 is 43.2 Å². The minimum atomic E-state index is -3.88. The number of anilines is 2. The summed E-state index contributed by atoms with van der Waals surface area (Å²) in [5, 5.41) is 0. The topological polar surface area (TPSA) is 75.7 Å². The quantitative estimate of drug-likeness (QED) is 0.568. The molecule has 3 rings (SSSR count). The molecule has 0 radical (unpaired) electrons. The zero-order chi connectivity index (χ0) is 21.0. The second-order valence-corrected chi connectivity index (χ2v) is 8.72. The third kappa shape index (κ3) is 4.78. The fraction of sp³-hybridized carbons (Fsp3) is 0.0952. The van der Waals surface area contributed by atoms with E-state index in [2.05, 4.69) is 20.7 Å². The van der Waals surface area contributed by atoms with E-state index in [1.807, 2.05) is 30.3 Å². The second-order valence-electron chi connectivity index (χ2n) is 6.18. The van der Waals surface area contributed by atoms with E-state index in [0.717, 1.165) is 0 Å². The zero-order valence-electron chi connectivity index (χ0n) is 15.8. The van der Waals surface area contributed by atoms with Gasteiger partial charge in [0.15, 0.2) is 0 Å². The number of hydrogen-bond acceptors (Lipinski definition) is 4. The molecule has 0 heterocycles. The molecule has 3 aromatic carbocycles. The normalized spacial score (nSPS) is 11.0. The maximum Gasteiger partial charge on any atom is 0.261 e. The van der Waals surface area contributed by atoms with Crippen molar-refractivity contribution in [2.45, 2.75) is 4.90 Å². The van der Waals surface area contributed by atoms with Crippen LogP contribution in [0.3, 0.4) is 0 Å². The fourth-order valence-corrected chi connectivity index (χ4v) is 4.34. The van der Waals surface area contributed by atoms with Gasteiger partial charge in [0.2, 0.25) is 0 Å². The number of ether oxygens (including phenoxy) is 1. The monoisotopic (exact) mass is 474 g/mol. The van der Waals surface area contributed by atoms with Crippen molar-refractivity contribution in [1.82, 2.24) is 0 Å². The van der Waals surface area contributed by atoms with Crippen LogP contribution in [0.4, 0.5) is 11.4 Å². The minimum absolute atomic E-state index is 0.00301. The number of amides is 1. The van der Waals surface area contributed by atoms with Crippen LogP contribution >= 0.6 is 15.9 Å². The van der Waals surface area contributed by atoms with Crippen molar-refractivity contribution in [3.63, 3.8) is 0 Å². The Morgan fingerprint density at radius 1 is 1.00 bits per heavy atom. The standard InChI is InChI=1S/C21H19BrN2O4S/c1-24(17-8-4-3-5-9-17)21(25)15-7-6-10-18(13-15)29(26,27)23-16-11-12-20(28-2)19(22)14-16/h3-14,23H,1-2H3. The highest BCUT2D eigenvalue weighted by Crippen LogP contribution is 2.29. The first kappa shape index (κ1) is 20.9. The van der Waals surface area contributed by atoms with Gasteiger partial charge in [-0.25, -0.2) is 8.42 Å². The van der Waals surface area contributed by atoms with Crippen LogP contribution in [-0.2, 0) is 10.0 Å². The molecular formula is C21H19BrN2O4S. The van der Waals surface area contributed by atoms with Gasteiger partial charge in [0.05, 0.1) is 22.2 Å². The summed E-state index contributed by atoms with van der Waals surface area (Å²) in [6, 6.07) is 19.9. The molecule has 0 atom stereocenters. The molecule has 6 nitrogen and oxygen atoms in total. The summed E-state index contributed by atoms with van der Waals surface area (Å²) in [4.78, 5) is 14.3. The van der Waals surface area contributed by atoms with E-state index in [9.17, 15) is 13.2 Å². The van der Waals surface area contributed by atoms with Gasteiger partial charge in [-0.15, -0.1) is 0 Å². The van der Waals surface area contributed by atoms with Gasteiger partial charge in [-0.3, -0.25) is 9.52 Å². The van der Waals surface area contributed by atoms with Crippen LogP contribution in [0.5, 0.6) is 5.75 Å². The highest BCUT2D eigenvalue weighted by molar-refractivity contribution is 9.10. The molecule has 1 N–H and O–H groups in total. The number of halogens is 1. The van der Waals surface area contributed by atoms with Gasteiger partial charge in [0, 0.05) is 18.3 Å². The summed E-state index contributed by atoms with van der Waals surface area (Å²) in [6.45, 7) is 0. The number of methoxy groups -OCH3 is 1. The molecule has 0 spiro atoms. The number of hydrogen-bond donors (Lipinski definition) is 1. The van der Waals surface area contributed by atoms with Crippen LogP contribution in [0.25, 0.3) is 0 Å². The van der Waals surface area contributed by atoms with Gasteiger partial charge in [-0.05, 0) is 64.5 Å². The number of nitrogens with one attached hydrogen (secondary N) is 1. The van der Waals surface area contributed by atoms with Crippen molar-refractivity contribution in [3.8, 4) is 5.75 Å². The van der Waals surface area contributed by atoms with E-state index in [1.165, 1.54) is 24.1 Å². The molecule has 29 heavy (non-hydrogen) atoms. The Morgan fingerprint density at radius 2 is 1.72 bits per heavy atom. The molecule has 3 aromatic rings. The van der Waals surface area contributed by atoms with E-state index in [0.29, 0.717) is 21.6 Å². The van der Waals surface area contributed by atoms with Gasteiger partial charge in [-0.1, -0.05) is 24.3 Å². The molecule has 0 aliphatic heterocycles. The third-order valence-electron chi connectivity index (χ3n) is 4.24. The number of sulfonamides is 1. The van der Waals surface area contributed by atoms with Gasteiger partial charge in [-0.2, -0.15) is 0 Å². The largest absolute Gasteiger partial charge is 0.496 e. The van der Waals surface area contributed by atoms with Gasteiger partial charge >= 0.3 is 0 Å². The lowest BCUT2D eigenvalue weighted by Gasteiger charge is -2.18. The van der Waals surface area contributed by atoms with Gasteiger partial charge < -0.3 is 9.64 Å². The average Bonchev–Trinajstić information content (AvgIpc) is 2.73. The maximum absolute atomic E-state index is 12.8. The van der Waals surface area contributed by atoms with Crippen molar-refractivity contribution in [3.05, 3.63) is 82.8 Å². The predicted molar refractivity (Wildman–Crippen MR) is 117 cm³/mol. The Kier molecular flexibility index (Phi) is 6.24. The van der Waals surface area contributed by atoms with E-state index in [4.69, 9.17) is 4.74 Å². The summed E-state index contributed by atoms with van der Waals surface area (Å²) in [5.74, 6) is 0.282. The second kappa shape index (κ2) is 8.67. The van der Waals surface area contributed by atoms with E-state index < -0.39 is 10.0 Å². The number of rotatable bonds is 6. The summed E-state index contributed by atoms with van der Waals surface area (Å²) in [6.07, 6.45) is 0. The number of para-hydroxylation sites is 1. The van der Waals surface area contributed by atoms with Crippen molar-refractivity contribution < 1.29 is 17.9 Å². The molecule has 0 saturated carbocycles. The van der Waals surface area contributed by atoms with E-state index in [1.54, 1.807) is 37.4 Å².